The van der Waals surface area contributed by atoms with Crippen molar-refractivity contribution in [2.24, 2.45) is 11.7 Å². The van der Waals surface area contributed by atoms with Crippen LogP contribution in [0.3, 0.4) is 0 Å². The molecule has 1 aliphatic rings. The topological polar surface area (TPSA) is 38.5 Å². The molecule has 0 saturated carbocycles. The first-order valence-electron chi connectivity index (χ1n) is 6.52. The smallest absolute Gasteiger partial charge is 0.0594 e. The van der Waals surface area contributed by atoms with E-state index in [-0.39, 0.29) is 0 Å². The van der Waals surface area contributed by atoms with Crippen LogP contribution in [0.4, 0.5) is 0 Å². The Morgan fingerprint density at radius 1 is 1.33 bits per heavy atom. The van der Waals surface area contributed by atoms with Gasteiger partial charge in [0.15, 0.2) is 0 Å². The Hall–Kier alpha value is -0.610. The van der Waals surface area contributed by atoms with Gasteiger partial charge in [-0.2, -0.15) is 0 Å². The molecule has 2 rings (SSSR count). The number of nitrogens with zero attached hydrogens (tertiary/aromatic N) is 1. The van der Waals surface area contributed by atoms with Gasteiger partial charge in [-0.3, -0.25) is 4.90 Å². The summed E-state index contributed by atoms with van der Waals surface area (Å²) in [6.45, 7) is 5.48. The lowest BCUT2D eigenvalue weighted by Crippen LogP contribution is -2.41. The highest BCUT2D eigenvalue weighted by atomic mass is 35.5. The van der Waals surface area contributed by atoms with Crippen molar-refractivity contribution < 1.29 is 4.74 Å². The van der Waals surface area contributed by atoms with Gasteiger partial charge in [0.1, 0.15) is 0 Å². The summed E-state index contributed by atoms with van der Waals surface area (Å²) in [6.07, 6.45) is 0.994. The number of rotatable bonds is 5. The van der Waals surface area contributed by atoms with Crippen LogP contribution in [0, 0.1) is 5.92 Å². The summed E-state index contributed by atoms with van der Waals surface area (Å²) in [4.78, 5) is 2.44. The first kappa shape index (κ1) is 13.8. The summed E-state index contributed by atoms with van der Waals surface area (Å²) in [5, 5.41) is 0.801. The van der Waals surface area contributed by atoms with E-state index in [0.29, 0.717) is 12.5 Å². The SMILES string of the molecule is NCC(Cc1cccc(Cl)c1)CN1CCOCC1. The summed E-state index contributed by atoms with van der Waals surface area (Å²) < 4.78 is 5.36. The third-order valence-electron chi connectivity index (χ3n) is 3.37. The van der Waals surface area contributed by atoms with Gasteiger partial charge in [-0.1, -0.05) is 23.7 Å². The molecule has 0 spiro atoms. The molecule has 0 bridgehead atoms. The Morgan fingerprint density at radius 3 is 2.78 bits per heavy atom. The standard InChI is InChI=1S/C14H21ClN2O/c15-14-3-1-2-12(9-14)8-13(10-16)11-17-4-6-18-7-5-17/h1-3,9,13H,4-8,10-11,16H2. The monoisotopic (exact) mass is 268 g/mol. The summed E-state index contributed by atoms with van der Waals surface area (Å²) in [7, 11) is 0. The van der Waals surface area contributed by atoms with Crippen molar-refractivity contribution in [1.29, 1.82) is 0 Å². The number of morpholine rings is 1. The predicted octanol–water partition coefficient (Wildman–Crippen LogP) is 1.79. The molecular formula is C14H21ClN2O. The average Bonchev–Trinajstić information content (AvgIpc) is 2.39. The fourth-order valence-corrected chi connectivity index (χ4v) is 2.58. The molecule has 4 heteroatoms. The summed E-state index contributed by atoms with van der Waals surface area (Å²) in [6, 6.07) is 8.06. The van der Waals surface area contributed by atoms with Gasteiger partial charge >= 0.3 is 0 Å². The van der Waals surface area contributed by atoms with Crippen molar-refractivity contribution in [1.82, 2.24) is 4.90 Å². The van der Waals surface area contributed by atoms with E-state index in [0.717, 1.165) is 44.3 Å². The lowest BCUT2D eigenvalue weighted by atomic mass is 9.98. The molecule has 18 heavy (non-hydrogen) atoms. The Balaban J connectivity index is 1.88. The van der Waals surface area contributed by atoms with Crippen LogP contribution in [-0.2, 0) is 11.2 Å². The highest BCUT2D eigenvalue weighted by Crippen LogP contribution is 2.15. The van der Waals surface area contributed by atoms with E-state index in [9.17, 15) is 0 Å². The van der Waals surface area contributed by atoms with Crippen LogP contribution in [0.5, 0.6) is 0 Å². The first-order chi connectivity index (χ1) is 8.78. The van der Waals surface area contributed by atoms with E-state index in [4.69, 9.17) is 22.1 Å². The molecule has 1 saturated heterocycles. The second kappa shape index (κ2) is 7.10. The zero-order valence-corrected chi connectivity index (χ0v) is 11.4. The van der Waals surface area contributed by atoms with E-state index in [1.807, 2.05) is 18.2 Å². The Morgan fingerprint density at radius 2 is 2.11 bits per heavy atom. The van der Waals surface area contributed by atoms with Gasteiger partial charge in [0.05, 0.1) is 13.2 Å². The van der Waals surface area contributed by atoms with Gasteiger partial charge in [-0.15, -0.1) is 0 Å². The van der Waals surface area contributed by atoms with Crippen molar-refractivity contribution in [3.8, 4) is 0 Å². The third kappa shape index (κ3) is 4.25. The number of nitrogens with two attached hydrogens (primary N) is 1. The Labute approximate surface area is 114 Å². The minimum Gasteiger partial charge on any atom is -0.379 e. The van der Waals surface area contributed by atoms with E-state index < -0.39 is 0 Å². The molecule has 0 aliphatic carbocycles. The molecular weight excluding hydrogens is 248 g/mol. The van der Waals surface area contributed by atoms with Gasteiger partial charge in [-0.05, 0) is 36.6 Å². The molecule has 0 radical (unpaired) electrons. The summed E-state index contributed by atoms with van der Waals surface area (Å²) in [5.74, 6) is 0.488. The van der Waals surface area contributed by atoms with Gasteiger partial charge < -0.3 is 10.5 Å². The quantitative estimate of drug-likeness (QED) is 0.885. The fourth-order valence-electron chi connectivity index (χ4n) is 2.37. The van der Waals surface area contributed by atoms with Gasteiger partial charge in [0.25, 0.3) is 0 Å². The normalized spacial score (nSPS) is 18.8. The van der Waals surface area contributed by atoms with Gasteiger partial charge in [0.2, 0.25) is 0 Å². The highest BCUT2D eigenvalue weighted by molar-refractivity contribution is 6.30. The van der Waals surface area contributed by atoms with E-state index in [1.165, 1.54) is 5.56 Å². The maximum Gasteiger partial charge on any atom is 0.0594 e. The van der Waals surface area contributed by atoms with Crippen molar-refractivity contribution in [2.75, 3.05) is 39.4 Å². The van der Waals surface area contributed by atoms with Crippen LogP contribution in [-0.4, -0.2) is 44.3 Å². The molecule has 100 valence electrons. The van der Waals surface area contributed by atoms with Crippen LogP contribution in [0.1, 0.15) is 5.56 Å². The molecule has 1 aromatic carbocycles. The van der Waals surface area contributed by atoms with Crippen LogP contribution in [0.2, 0.25) is 5.02 Å². The van der Waals surface area contributed by atoms with Crippen LogP contribution < -0.4 is 5.73 Å². The molecule has 1 unspecified atom stereocenters. The van der Waals surface area contributed by atoms with Gasteiger partial charge in [-0.25, -0.2) is 0 Å². The Bertz CT molecular complexity index is 367. The van der Waals surface area contributed by atoms with Crippen molar-refractivity contribution in [3.63, 3.8) is 0 Å². The van der Waals surface area contributed by atoms with Crippen LogP contribution in [0.15, 0.2) is 24.3 Å². The van der Waals surface area contributed by atoms with Crippen molar-refractivity contribution >= 4 is 11.6 Å². The molecule has 0 amide bonds. The lowest BCUT2D eigenvalue weighted by molar-refractivity contribution is 0.0312. The molecule has 1 atom stereocenters. The highest BCUT2D eigenvalue weighted by Gasteiger charge is 2.16. The van der Waals surface area contributed by atoms with E-state index in [1.54, 1.807) is 0 Å². The van der Waals surface area contributed by atoms with Crippen LogP contribution in [0.25, 0.3) is 0 Å². The van der Waals surface area contributed by atoms with Crippen LogP contribution >= 0.6 is 11.6 Å². The molecule has 2 N–H and O–H groups in total. The van der Waals surface area contributed by atoms with Gasteiger partial charge in [0, 0.05) is 24.7 Å². The number of halogens is 1. The molecule has 1 fully saturated rings. The van der Waals surface area contributed by atoms with Crippen molar-refractivity contribution in [3.05, 3.63) is 34.9 Å². The van der Waals surface area contributed by atoms with Crippen molar-refractivity contribution in [2.45, 2.75) is 6.42 Å². The lowest BCUT2D eigenvalue weighted by Gasteiger charge is -2.30. The fraction of sp³-hybridized carbons (Fsp3) is 0.571. The molecule has 1 aromatic rings. The first-order valence-corrected chi connectivity index (χ1v) is 6.90. The van der Waals surface area contributed by atoms with E-state index in [2.05, 4.69) is 11.0 Å². The summed E-state index contributed by atoms with van der Waals surface area (Å²) in [5.41, 5.74) is 7.15. The molecule has 1 aliphatic heterocycles. The second-order valence-corrected chi connectivity index (χ2v) is 5.29. The third-order valence-corrected chi connectivity index (χ3v) is 3.60. The average molecular weight is 269 g/mol. The number of ether oxygens (including phenoxy) is 1. The number of hydrogen-bond donors (Lipinski definition) is 1. The largest absolute Gasteiger partial charge is 0.379 e. The maximum atomic E-state index is 6.01. The predicted molar refractivity (Wildman–Crippen MR) is 75.0 cm³/mol. The summed E-state index contributed by atoms with van der Waals surface area (Å²) >= 11 is 6.01. The van der Waals surface area contributed by atoms with E-state index >= 15 is 0 Å². The Kier molecular flexibility index (Phi) is 5.45. The molecule has 3 nitrogen and oxygen atoms in total. The molecule has 1 heterocycles. The number of benzene rings is 1. The molecule has 0 aromatic heterocycles. The maximum absolute atomic E-state index is 6.01. The zero-order chi connectivity index (χ0) is 12.8. The minimum absolute atomic E-state index is 0.488. The second-order valence-electron chi connectivity index (χ2n) is 4.85. The minimum atomic E-state index is 0.488. The zero-order valence-electron chi connectivity index (χ0n) is 10.6. The number of hydrogen-bond acceptors (Lipinski definition) is 3.